The maximum absolute atomic E-state index is 12.7. The first kappa shape index (κ1) is 23.1. The van der Waals surface area contributed by atoms with E-state index in [2.05, 4.69) is 14.9 Å². The van der Waals surface area contributed by atoms with Crippen LogP contribution >= 0.6 is 0 Å². The Hall–Kier alpha value is -3.04. The van der Waals surface area contributed by atoms with Gasteiger partial charge in [0.25, 0.3) is 0 Å². The van der Waals surface area contributed by atoms with Crippen LogP contribution in [-0.2, 0) is 9.53 Å². The summed E-state index contributed by atoms with van der Waals surface area (Å²) in [6.45, 7) is 8.69. The minimum absolute atomic E-state index is 0.0338. The number of rotatable bonds is 4. The third kappa shape index (κ3) is 4.06. The van der Waals surface area contributed by atoms with Gasteiger partial charge < -0.3 is 19.6 Å². The number of ether oxygens (including phenoxy) is 1. The van der Waals surface area contributed by atoms with Crippen molar-refractivity contribution in [3.05, 3.63) is 36.2 Å². The van der Waals surface area contributed by atoms with Gasteiger partial charge in [-0.2, -0.15) is 0 Å². The summed E-state index contributed by atoms with van der Waals surface area (Å²) < 4.78 is 5.54. The Morgan fingerprint density at radius 1 is 1.21 bits per heavy atom. The molecule has 9 nitrogen and oxygen atoms in total. The van der Waals surface area contributed by atoms with Crippen LogP contribution in [0.4, 0.5) is 16.4 Å². The van der Waals surface area contributed by atoms with Gasteiger partial charge in [-0.1, -0.05) is 0 Å². The summed E-state index contributed by atoms with van der Waals surface area (Å²) in [7, 11) is 1.92. The average molecular weight is 455 g/mol. The Bertz CT molecular complexity index is 1040. The second-order valence-electron chi connectivity index (χ2n) is 8.91. The van der Waals surface area contributed by atoms with E-state index in [-0.39, 0.29) is 22.5 Å². The first-order chi connectivity index (χ1) is 15.8. The highest BCUT2D eigenvalue weighted by Gasteiger charge is 2.47. The van der Waals surface area contributed by atoms with Crippen molar-refractivity contribution in [2.75, 3.05) is 44.8 Å². The molecule has 0 saturated carbocycles. The van der Waals surface area contributed by atoms with E-state index in [0.29, 0.717) is 32.1 Å². The van der Waals surface area contributed by atoms with Gasteiger partial charge in [-0.05, 0) is 31.5 Å². The molecule has 3 atom stereocenters. The lowest BCUT2D eigenvalue weighted by Gasteiger charge is -2.45. The number of quaternary nitrogens is 1. The first-order valence-corrected chi connectivity index (χ1v) is 11.4. The van der Waals surface area contributed by atoms with Crippen molar-refractivity contribution in [2.24, 2.45) is 0 Å². The number of carbonyl (C=O) groups excluding carboxylic acids is 1. The number of carboxylic acid groups (broad SMARTS) is 1. The zero-order valence-corrected chi connectivity index (χ0v) is 19.7. The van der Waals surface area contributed by atoms with Gasteiger partial charge in [0.05, 0.1) is 39.3 Å². The summed E-state index contributed by atoms with van der Waals surface area (Å²) in [5, 5.41) is 9.84. The molecule has 1 unspecified atom stereocenters. The van der Waals surface area contributed by atoms with Crippen molar-refractivity contribution >= 4 is 23.6 Å². The Balaban J connectivity index is 1.76. The Morgan fingerprint density at radius 2 is 1.88 bits per heavy atom. The zero-order valence-electron chi connectivity index (χ0n) is 19.7. The summed E-state index contributed by atoms with van der Waals surface area (Å²) >= 11 is 0. The number of morpholine rings is 1. The molecular formula is C24H32N5O4+. The summed E-state index contributed by atoms with van der Waals surface area (Å²) in [6.07, 6.45) is 3.21. The standard InChI is InChI=1S/C24H31N5O4/c1-5-28(24(31)32)21-12-16(2)29(4,17(3)30)22-7-6-18(13-20(21)22)19-14-25-23(26-15-19)27-8-10-33-11-9-27/h6-7,13-16,21H,5,8-12H2,1-4H3/p+1/t16-,21?,29+/m0/s1. The quantitative estimate of drug-likeness (QED) is 0.708. The van der Waals surface area contributed by atoms with Crippen molar-refractivity contribution in [1.82, 2.24) is 19.4 Å². The molecule has 1 saturated heterocycles. The molecule has 2 aliphatic heterocycles. The van der Waals surface area contributed by atoms with Crippen LogP contribution in [0.3, 0.4) is 0 Å². The van der Waals surface area contributed by atoms with E-state index in [1.807, 2.05) is 39.1 Å². The van der Waals surface area contributed by atoms with E-state index >= 15 is 0 Å². The lowest BCUT2D eigenvalue weighted by Crippen LogP contribution is -2.60. The molecule has 33 heavy (non-hydrogen) atoms. The SMILES string of the molecule is CCN(C(=O)O)C1C[C@H](C)[N@+](C)(C(C)=O)c2ccc(-c3cnc(N4CCOCC4)nc3)cc21. The highest BCUT2D eigenvalue weighted by molar-refractivity contribution is 5.89. The van der Waals surface area contributed by atoms with E-state index < -0.39 is 6.09 Å². The number of nitrogens with zero attached hydrogens (tertiary/aromatic N) is 5. The van der Waals surface area contributed by atoms with Crippen molar-refractivity contribution in [1.29, 1.82) is 0 Å². The highest BCUT2D eigenvalue weighted by Crippen LogP contribution is 2.45. The summed E-state index contributed by atoms with van der Waals surface area (Å²) in [4.78, 5) is 37.4. The minimum atomic E-state index is -0.955. The molecule has 2 amide bonds. The Labute approximate surface area is 194 Å². The maximum Gasteiger partial charge on any atom is 0.407 e. The molecule has 1 aromatic heterocycles. The smallest absolute Gasteiger partial charge is 0.407 e. The van der Waals surface area contributed by atoms with Gasteiger partial charge in [0.1, 0.15) is 5.69 Å². The van der Waals surface area contributed by atoms with Crippen LogP contribution in [0.5, 0.6) is 0 Å². The van der Waals surface area contributed by atoms with E-state index in [0.717, 1.165) is 35.5 Å². The molecule has 1 fully saturated rings. The van der Waals surface area contributed by atoms with E-state index in [9.17, 15) is 14.7 Å². The monoisotopic (exact) mass is 454 g/mol. The van der Waals surface area contributed by atoms with Crippen molar-refractivity contribution in [3.63, 3.8) is 0 Å². The molecule has 0 spiro atoms. The number of carbonyl (C=O) groups is 2. The molecular weight excluding hydrogens is 422 g/mol. The van der Waals surface area contributed by atoms with Crippen LogP contribution in [0.1, 0.15) is 38.8 Å². The van der Waals surface area contributed by atoms with Gasteiger partial charge in [-0.15, -0.1) is 0 Å². The molecule has 1 N–H and O–H groups in total. The number of hydrogen-bond acceptors (Lipinski definition) is 6. The molecule has 0 bridgehead atoms. The molecule has 0 radical (unpaired) electrons. The fourth-order valence-electron chi connectivity index (χ4n) is 4.98. The fourth-order valence-corrected chi connectivity index (χ4v) is 4.98. The van der Waals surface area contributed by atoms with Crippen LogP contribution < -0.4 is 9.38 Å². The number of anilines is 1. The summed E-state index contributed by atoms with van der Waals surface area (Å²) in [5.41, 5.74) is 3.46. The summed E-state index contributed by atoms with van der Waals surface area (Å²) in [5.74, 6) is 0.710. The maximum atomic E-state index is 12.7. The van der Waals surface area contributed by atoms with Gasteiger partial charge in [-0.25, -0.2) is 24.0 Å². The zero-order chi connectivity index (χ0) is 23.8. The average Bonchev–Trinajstić information content (AvgIpc) is 2.82. The van der Waals surface area contributed by atoms with Crippen LogP contribution in [0.25, 0.3) is 11.1 Å². The third-order valence-electron chi connectivity index (χ3n) is 7.22. The topological polar surface area (TPSA) is 95.9 Å². The van der Waals surface area contributed by atoms with Gasteiger partial charge in [-0.3, -0.25) is 0 Å². The summed E-state index contributed by atoms with van der Waals surface area (Å²) in [6, 6.07) is 5.56. The predicted molar refractivity (Wildman–Crippen MR) is 126 cm³/mol. The van der Waals surface area contributed by atoms with Crippen LogP contribution in [0.2, 0.25) is 0 Å². The van der Waals surface area contributed by atoms with Gasteiger partial charge in [0.2, 0.25) is 5.95 Å². The molecule has 9 heteroatoms. The van der Waals surface area contributed by atoms with Crippen molar-refractivity contribution in [2.45, 2.75) is 39.3 Å². The Kier molecular flexibility index (Phi) is 6.36. The first-order valence-electron chi connectivity index (χ1n) is 11.4. The van der Waals surface area contributed by atoms with Gasteiger partial charge in [0.15, 0.2) is 0 Å². The molecule has 3 heterocycles. The fraction of sp³-hybridized carbons (Fsp3) is 0.500. The number of fused-ring (bicyclic) bond motifs is 1. The van der Waals surface area contributed by atoms with Crippen molar-refractivity contribution < 1.29 is 19.4 Å². The molecule has 0 aliphatic carbocycles. The lowest BCUT2D eigenvalue weighted by atomic mass is 9.86. The van der Waals surface area contributed by atoms with Crippen LogP contribution in [0.15, 0.2) is 30.6 Å². The second kappa shape index (κ2) is 9.07. The largest absolute Gasteiger partial charge is 0.465 e. The highest BCUT2D eigenvalue weighted by atomic mass is 16.5. The van der Waals surface area contributed by atoms with Gasteiger partial charge >= 0.3 is 12.0 Å². The number of hydrogen-bond donors (Lipinski definition) is 1. The Morgan fingerprint density at radius 3 is 2.45 bits per heavy atom. The van der Waals surface area contributed by atoms with Crippen LogP contribution in [0, 0.1) is 0 Å². The van der Waals surface area contributed by atoms with Crippen LogP contribution in [-0.4, -0.2) is 77.9 Å². The van der Waals surface area contributed by atoms with E-state index in [4.69, 9.17) is 4.74 Å². The van der Waals surface area contributed by atoms with E-state index in [1.165, 1.54) is 4.90 Å². The molecule has 176 valence electrons. The number of benzene rings is 1. The van der Waals surface area contributed by atoms with Crippen molar-refractivity contribution in [3.8, 4) is 11.1 Å². The third-order valence-corrected chi connectivity index (χ3v) is 7.22. The molecule has 2 aliphatic rings. The molecule has 1 aromatic carbocycles. The molecule has 4 rings (SSSR count). The van der Waals surface area contributed by atoms with Gasteiger partial charge in [0, 0.05) is 55.6 Å². The normalized spacial score (nSPS) is 24.8. The lowest BCUT2D eigenvalue weighted by molar-refractivity contribution is -0.129. The second-order valence-corrected chi connectivity index (χ2v) is 8.91. The predicted octanol–water partition coefficient (Wildman–Crippen LogP) is 3.30. The number of amides is 2. The minimum Gasteiger partial charge on any atom is -0.465 e. The van der Waals surface area contributed by atoms with E-state index in [1.54, 1.807) is 19.3 Å². The molecule has 2 aromatic rings. The number of aromatic nitrogens is 2.